The lowest BCUT2D eigenvalue weighted by molar-refractivity contribution is 0.296. The van der Waals surface area contributed by atoms with Gasteiger partial charge in [-0.3, -0.25) is 0 Å². The quantitative estimate of drug-likeness (QED) is 0.527. The fourth-order valence-electron chi connectivity index (χ4n) is 6.64. The molecule has 2 saturated carbocycles. The van der Waals surface area contributed by atoms with E-state index in [2.05, 4.69) is 78.9 Å². The Morgan fingerprint density at radius 3 is 1.66 bits per heavy atom. The van der Waals surface area contributed by atoms with Gasteiger partial charge in [-0.25, -0.2) is 0 Å². The summed E-state index contributed by atoms with van der Waals surface area (Å²) in [5.41, 5.74) is 3.93. The third kappa shape index (κ3) is 2.35. The summed E-state index contributed by atoms with van der Waals surface area (Å²) in [5, 5.41) is 0. The molecule has 0 heterocycles. The predicted octanol–water partition coefficient (Wildman–Crippen LogP) is 6.13. The Morgan fingerprint density at radius 1 is 0.655 bits per heavy atom. The van der Waals surface area contributed by atoms with Crippen LogP contribution in [0.2, 0.25) is 0 Å². The predicted molar refractivity (Wildman–Crippen MR) is 117 cm³/mol. The third-order valence-electron chi connectivity index (χ3n) is 7.60. The first-order valence-electron chi connectivity index (χ1n) is 10.6. The molecule has 148 valence electrons. The van der Waals surface area contributed by atoms with Crippen LogP contribution in [0.3, 0.4) is 0 Å². The zero-order valence-electron chi connectivity index (χ0n) is 17.2. The molecule has 0 spiro atoms. The Morgan fingerprint density at radius 2 is 1.14 bits per heavy atom. The number of fused-ring (bicyclic) bond motifs is 2. The Hall–Kier alpha value is -2.74. The van der Waals surface area contributed by atoms with Crippen molar-refractivity contribution >= 4 is 0 Å². The molecule has 3 aromatic rings. The van der Waals surface area contributed by atoms with Crippen molar-refractivity contribution in [2.45, 2.75) is 36.5 Å². The van der Waals surface area contributed by atoms with Gasteiger partial charge < -0.3 is 9.47 Å². The Labute approximate surface area is 173 Å². The minimum absolute atomic E-state index is 0.0438. The second-order valence-electron chi connectivity index (χ2n) is 8.43. The maximum absolute atomic E-state index is 5.94. The van der Waals surface area contributed by atoms with Crippen molar-refractivity contribution in [3.63, 3.8) is 0 Å². The summed E-state index contributed by atoms with van der Waals surface area (Å²) in [7, 11) is 3.58. The molecule has 0 amide bonds. The van der Waals surface area contributed by atoms with Gasteiger partial charge in [-0.05, 0) is 49.3 Å². The van der Waals surface area contributed by atoms with Crippen molar-refractivity contribution < 1.29 is 9.47 Å². The van der Waals surface area contributed by atoms with Gasteiger partial charge in [0.25, 0.3) is 0 Å². The van der Waals surface area contributed by atoms with E-state index in [1.807, 2.05) is 0 Å². The average Bonchev–Trinajstić information content (AvgIpc) is 3.31. The summed E-state index contributed by atoms with van der Waals surface area (Å²) in [6.07, 6.45) is 4.84. The lowest BCUT2D eigenvalue weighted by atomic mass is 9.56. The van der Waals surface area contributed by atoms with Gasteiger partial charge in [0.15, 0.2) is 0 Å². The molecular weight excluding hydrogens is 356 g/mol. The van der Waals surface area contributed by atoms with E-state index in [9.17, 15) is 0 Å². The van der Waals surface area contributed by atoms with Crippen LogP contribution in [0.1, 0.15) is 42.4 Å². The van der Waals surface area contributed by atoms with Crippen molar-refractivity contribution in [2.24, 2.45) is 5.92 Å². The van der Waals surface area contributed by atoms with Gasteiger partial charge in [-0.2, -0.15) is 0 Å². The van der Waals surface area contributed by atoms with Gasteiger partial charge in [0.05, 0.1) is 14.2 Å². The average molecular weight is 385 g/mol. The van der Waals surface area contributed by atoms with Gasteiger partial charge in [-0.1, -0.05) is 66.7 Å². The first-order chi connectivity index (χ1) is 14.3. The lowest BCUT2D eigenvalue weighted by Crippen LogP contribution is -2.45. The van der Waals surface area contributed by atoms with Gasteiger partial charge in [-0.15, -0.1) is 0 Å². The molecule has 2 aliphatic carbocycles. The lowest BCUT2D eigenvalue weighted by Gasteiger charge is -2.46. The van der Waals surface area contributed by atoms with Gasteiger partial charge in [0, 0.05) is 22.0 Å². The maximum Gasteiger partial charge on any atom is 0.123 e. The number of para-hydroxylation sites is 2. The minimum atomic E-state index is -0.159. The molecule has 0 saturated heterocycles. The summed E-state index contributed by atoms with van der Waals surface area (Å²) < 4.78 is 11.9. The van der Waals surface area contributed by atoms with Crippen molar-refractivity contribution in [2.75, 3.05) is 14.2 Å². The molecule has 2 nitrogen and oxygen atoms in total. The van der Waals surface area contributed by atoms with Crippen molar-refractivity contribution in [1.29, 1.82) is 0 Å². The number of rotatable bonds is 5. The molecule has 2 bridgehead atoms. The topological polar surface area (TPSA) is 18.5 Å². The molecule has 0 N–H and O–H groups in total. The number of hydrogen-bond acceptors (Lipinski definition) is 2. The van der Waals surface area contributed by atoms with E-state index in [4.69, 9.17) is 9.47 Å². The fraction of sp³-hybridized carbons (Fsp3) is 0.333. The molecule has 0 atom stereocenters. The first kappa shape index (κ1) is 18.3. The van der Waals surface area contributed by atoms with E-state index >= 15 is 0 Å². The highest BCUT2D eigenvalue weighted by Gasteiger charge is 2.67. The second kappa shape index (κ2) is 6.95. The monoisotopic (exact) mass is 384 g/mol. The molecule has 2 aliphatic rings. The zero-order chi connectivity index (χ0) is 19.9. The summed E-state index contributed by atoms with van der Waals surface area (Å²) in [6.45, 7) is 0. The van der Waals surface area contributed by atoms with Gasteiger partial charge >= 0.3 is 0 Å². The van der Waals surface area contributed by atoms with Gasteiger partial charge in [0.2, 0.25) is 0 Å². The van der Waals surface area contributed by atoms with E-state index in [1.165, 1.54) is 42.4 Å². The molecule has 0 aromatic heterocycles. The van der Waals surface area contributed by atoms with E-state index < -0.39 is 0 Å². The van der Waals surface area contributed by atoms with Crippen LogP contribution in [0.4, 0.5) is 0 Å². The summed E-state index contributed by atoms with van der Waals surface area (Å²) in [4.78, 5) is 0. The van der Waals surface area contributed by atoms with Crippen LogP contribution in [0.5, 0.6) is 11.5 Å². The molecule has 2 fully saturated rings. The molecular formula is C27H28O2. The van der Waals surface area contributed by atoms with Crippen molar-refractivity contribution in [3.8, 4) is 11.5 Å². The van der Waals surface area contributed by atoms with E-state index in [0.717, 1.165) is 11.5 Å². The van der Waals surface area contributed by atoms with Crippen LogP contribution in [0.25, 0.3) is 0 Å². The normalized spacial score (nSPS) is 24.4. The summed E-state index contributed by atoms with van der Waals surface area (Å²) in [6, 6.07) is 28.4. The molecule has 0 unspecified atom stereocenters. The Balaban J connectivity index is 1.90. The summed E-state index contributed by atoms with van der Waals surface area (Å²) in [5.74, 6) is 2.52. The van der Waals surface area contributed by atoms with E-state index in [0.29, 0.717) is 5.92 Å². The SMILES string of the molecule is COc1ccccc1C1(c2ccccc2OC)C2CCC1(c1ccccc1)CC2. The first-order valence-corrected chi connectivity index (χ1v) is 10.6. The highest BCUT2D eigenvalue weighted by Crippen LogP contribution is 2.71. The highest BCUT2D eigenvalue weighted by molar-refractivity contribution is 5.60. The number of ether oxygens (including phenoxy) is 2. The zero-order valence-corrected chi connectivity index (χ0v) is 17.2. The number of benzene rings is 3. The summed E-state index contributed by atoms with van der Waals surface area (Å²) >= 11 is 0. The molecule has 29 heavy (non-hydrogen) atoms. The molecule has 5 rings (SSSR count). The molecule has 3 aromatic carbocycles. The molecule has 0 aliphatic heterocycles. The van der Waals surface area contributed by atoms with Crippen LogP contribution in [-0.2, 0) is 10.8 Å². The molecule has 2 heteroatoms. The third-order valence-corrected chi connectivity index (χ3v) is 7.60. The fourth-order valence-corrected chi connectivity index (χ4v) is 6.64. The van der Waals surface area contributed by atoms with E-state index in [-0.39, 0.29) is 10.8 Å². The van der Waals surface area contributed by atoms with Crippen LogP contribution in [0.15, 0.2) is 78.9 Å². The highest BCUT2D eigenvalue weighted by atomic mass is 16.5. The number of hydrogen-bond donors (Lipinski definition) is 0. The minimum Gasteiger partial charge on any atom is -0.496 e. The largest absolute Gasteiger partial charge is 0.496 e. The van der Waals surface area contributed by atoms with Gasteiger partial charge in [0.1, 0.15) is 11.5 Å². The number of methoxy groups -OCH3 is 2. The van der Waals surface area contributed by atoms with Crippen LogP contribution < -0.4 is 9.47 Å². The van der Waals surface area contributed by atoms with Crippen molar-refractivity contribution in [1.82, 2.24) is 0 Å². The van der Waals surface area contributed by atoms with E-state index in [1.54, 1.807) is 14.2 Å². The van der Waals surface area contributed by atoms with Crippen LogP contribution in [0, 0.1) is 5.92 Å². The van der Waals surface area contributed by atoms with Crippen LogP contribution >= 0.6 is 0 Å². The Bertz CT molecular complexity index is 952. The second-order valence-corrected chi connectivity index (χ2v) is 8.43. The molecule has 0 radical (unpaired) electrons. The maximum atomic E-state index is 5.94. The van der Waals surface area contributed by atoms with Crippen LogP contribution in [-0.4, -0.2) is 14.2 Å². The smallest absolute Gasteiger partial charge is 0.123 e. The standard InChI is InChI=1S/C27H28O2/c1-28-24-14-8-6-12-22(24)27(23-13-7-9-15-25(23)29-2)21-16-18-26(27,19-17-21)20-10-4-3-5-11-20/h3-15,21H,16-19H2,1-2H3. The Kier molecular flexibility index (Phi) is 4.38. The van der Waals surface area contributed by atoms with Crippen molar-refractivity contribution in [3.05, 3.63) is 95.6 Å².